The summed E-state index contributed by atoms with van der Waals surface area (Å²) >= 11 is 12.7. The molecule has 2 saturated heterocycles. The maximum absolute atomic E-state index is 16.2. The van der Waals surface area contributed by atoms with Crippen LogP contribution in [0.25, 0.3) is 0 Å². The quantitative estimate of drug-likeness (QED) is 0.309. The normalized spacial score (nSPS) is 34.6. The SMILES string of the molecule is C[C@@H](O)c1nnc(C2CCC(NC(=O)[C@@H]3NC4(CCC(C)(C)CC4)[C@@]4(C(=O)NC5C=C(Cl)C=CC54)[C@H]3c3ccnc(Cl)c3F)CC2)o1. The Morgan fingerprint density at radius 1 is 1.15 bits per heavy atom. The molecule has 3 aliphatic carbocycles. The minimum atomic E-state index is -1.20. The zero-order valence-electron chi connectivity index (χ0n) is 26.7. The largest absolute Gasteiger partial charge is 0.422 e. The van der Waals surface area contributed by atoms with E-state index in [1.54, 1.807) is 19.1 Å². The summed E-state index contributed by atoms with van der Waals surface area (Å²) in [5, 5.41) is 28.3. The first kappa shape index (κ1) is 32.7. The molecule has 5 aliphatic rings. The van der Waals surface area contributed by atoms with Gasteiger partial charge in [-0.3, -0.25) is 14.9 Å². The molecule has 2 spiro atoms. The molecule has 6 atom stereocenters. The van der Waals surface area contributed by atoms with E-state index in [9.17, 15) is 14.7 Å². The highest BCUT2D eigenvalue weighted by Gasteiger charge is 2.75. The van der Waals surface area contributed by atoms with E-state index >= 15 is 4.39 Å². The highest BCUT2D eigenvalue weighted by Crippen LogP contribution is 2.66. The van der Waals surface area contributed by atoms with Crippen molar-refractivity contribution in [3.8, 4) is 0 Å². The second-order valence-corrected chi connectivity index (χ2v) is 15.7. The Hall–Kier alpha value is -2.86. The molecule has 10 nitrogen and oxygen atoms in total. The second-order valence-electron chi connectivity index (χ2n) is 14.9. The molecule has 13 heteroatoms. The number of aromatic nitrogens is 3. The Kier molecular flexibility index (Phi) is 8.29. The molecule has 252 valence electrons. The number of rotatable bonds is 5. The van der Waals surface area contributed by atoms with E-state index in [0.29, 0.717) is 36.6 Å². The number of amides is 2. The van der Waals surface area contributed by atoms with Crippen molar-refractivity contribution in [2.24, 2.45) is 16.7 Å². The maximum atomic E-state index is 16.2. The molecule has 2 unspecified atom stereocenters. The summed E-state index contributed by atoms with van der Waals surface area (Å²) in [7, 11) is 0. The molecule has 0 radical (unpaired) electrons. The third kappa shape index (κ3) is 5.32. The molecule has 2 aromatic heterocycles. The van der Waals surface area contributed by atoms with Crippen LogP contribution in [0.1, 0.15) is 107 Å². The number of pyridine rings is 1. The lowest BCUT2D eigenvalue weighted by molar-refractivity contribution is -0.134. The Balaban J connectivity index is 1.24. The molecule has 47 heavy (non-hydrogen) atoms. The summed E-state index contributed by atoms with van der Waals surface area (Å²) in [4.78, 5) is 33.2. The van der Waals surface area contributed by atoms with Gasteiger partial charge in [0.2, 0.25) is 23.6 Å². The lowest BCUT2D eigenvalue weighted by atomic mass is 9.51. The van der Waals surface area contributed by atoms with Gasteiger partial charge in [0, 0.05) is 40.6 Å². The van der Waals surface area contributed by atoms with Gasteiger partial charge < -0.3 is 20.2 Å². The number of halogens is 3. The molecular weight excluding hydrogens is 646 g/mol. The Bertz CT molecular complexity index is 1630. The van der Waals surface area contributed by atoms with Gasteiger partial charge in [0.1, 0.15) is 6.10 Å². The van der Waals surface area contributed by atoms with Crippen LogP contribution in [0.15, 0.2) is 39.9 Å². The molecule has 2 amide bonds. The number of hydrogen-bond donors (Lipinski definition) is 4. The molecule has 0 bridgehead atoms. The van der Waals surface area contributed by atoms with E-state index in [1.807, 2.05) is 12.2 Å². The number of nitrogens with zero attached hydrogens (tertiary/aromatic N) is 3. The standard InChI is InChI=1S/C34H41Cl2FN6O4/c1-17(44)29-42-43-30(47-29)18-4-7-20(8-5-18)39-28(45)26-24(21-10-15-38-27(36)25(21)37)34(33(41-26)13-11-32(2,3)12-14-33)22-9-6-19(35)16-23(22)40-31(34)46/h6,9-10,15-18,20,22-24,26,41,44H,4-5,7-8,11-14H2,1-3H3,(H,39,45)(H,40,46)/t17-,18?,20?,22?,23?,24+,26-,34-/m1/s1. The maximum Gasteiger partial charge on any atom is 0.244 e. The summed E-state index contributed by atoms with van der Waals surface area (Å²) in [6, 6.07) is 0.123. The number of carbonyl (C=O) groups excluding carboxylic acids is 2. The average molecular weight is 688 g/mol. The van der Waals surface area contributed by atoms with Crippen LogP contribution in [0.5, 0.6) is 0 Å². The number of aliphatic hydroxyl groups is 1. The summed E-state index contributed by atoms with van der Waals surface area (Å²) in [6.07, 6.45) is 12.0. The van der Waals surface area contributed by atoms with Crippen LogP contribution in [-0.2, 0) is 9.59 Å². The smallest absolute Gasteiger partial charge is 0.244 e. The lowest BCUT2D eigenvalue weighted by Gasteiger charge is -2.52. The van der Waals surface area contributed by atoms with Crippen molar-refractivity contribution in [3.63, 3.8) is 0 Å². The van der Waals surface area contributed by atoms with E-state index in [2.05, 4.69) is 45.0 Å². The number of nitrogens with one attached hydrogen (secondary N) is 3. The van der Waals surface area contributed by atoms with Crippen molar-refractivity contribution < 1.29 is 23.5 Å². The number of fused-ring (bicyclic) bond motifs is 3. The fourth-order valence-electron chi connectivity index (χ4n) is 9.16. The molecule has 2 aromatic rings. The van der Waals surface area contributed by atoms with Crippen LogP contribution in [0, 0.1) is 22.6 Å². The van der Waals surface area contributed by atoms with Crippen LogP contribution < -0.4 is 16.0 Å². The Morgan fingerprint density at radius 2 is 1.87 bits per heavy atom. The van der Waals surface area contributed by atoms with Crippen molar-refractivity contribution in [1.82, 2.24) is 31.1 Å². The van der Waals surface area contributed by atoms with Crippen LogP contribution in [0.3, 0.4) is 0 Å². The van der Waals surface area contributed by atoms with Gasteiger partial charge in [-0.2, -0.15) is 0 Å². The van der Waals surface area contributed by atoms with E-state index < -0.39 is 40.9 Å². The van der Waals surface area contributed by atoms with Crippen LogP contribution in [0.4, 0.5) is 4.39 Å². The van der Waals surface area contributed by atoms with Gasteiger partial charge in [-0.1, -0.05) is 43.1 Å². The van der Waals surface area contributed by atoms with Gasteiger partial charge >= 0.3 is 0 Å². The van der Waals surface area contributed by atoms with Crippen molar-refractivity contribution in [2.45, 2.75) is 114 Å². The summed E-state index contributed by atoms with van der Waals surface area (Å²) < 4.78 is 21.8. The van der Waals surface area contributed by atoms with Gasteiger partial charge in [0.05, 0.1) is 17.5 Å². The minimum Gasteiger partial charge on any atom is -0.422 e. The van der Waals surface area contributed by atoms with Gasteiger partial charge in [-0.05, 0) is 87.5 Å². The van der Waals surface area contributed by atoms with Gasteiger partial charge in [-0.15, -0.1) is 10.2 Å². The van der Waals surface area contributed by atoms with E-state index in [4.69, 9.17) is 27.6 Å². The highest BCUT2D eigenvalue weighted by molar-refractivity contribution is 6.31. The molecule has 7 rings (SSSR count). The first-order valence-corrected chi connectivity index (χ1v) is 17.4. The third-order valence-corrected chi connectivity index (χ3v) is 12.1. The molecule has 2 saturated carbocycles. The first-order valence-electron chi connectivity index (χ1n) is 16.6. The van der Waals surface area contributed by atoms with Crippen LogP contribution >= 0.6 is 23.2 Å². The highest BCUT2D eigenvalue weighted by atomic mass is 35.5. The third-order valence-electron chi connectivity index (χ3n) is 11.6. The molecule has 0 aromatic carbocycles. The van der Waals surface area contributed by atoms with Gasteiger partial charge in [0.25, 0.3) is 0 Å². The average Bonchev–Trinajstić information content (AvgIpc) is 3.71. The van der Waals surface area contributed by atoms with Crippen molar-refractivity contribution in [3.05, 3.63) is 63.8 Å². The first-order chi connectivity index (χ1) is 22.3. The molecule has 4 heterocycles. The predicted octanol–water partition coefficient (Wildman–Crippen LogP) is 5.34. The van der Waals surface area contributed by atoms with Crippen molar-refractivity contribution >= 4 is 35.0 Å². The topological polar surface area (TPSA) is 142 Å². The number of hydrogen-bond acceptors (Lipinski definition) is 8. The monoisotopic (exact) mass is 686 g/mol. The van der Waals surface area contributed by atoms with E-state index in [1.165, 1.54) is 6.20 Å². The molecular formula is C34H41Cl2FN6O4. The Morgan fingerprint density at radius 3 is 2.55 bits per heavy atom. The Labute approximate surface area is 283 Å². The summed E-state index contributed by atoms with van der Waals surface area (Å²) in [6.45, 7) is 6.03. The zero-order valence-corrected chi connectivity index (χ0v) is 28.2. The number of aliphatic hydroxyl groups excluding tert-OH is 1. The number of allylic oxidation sites excluding steroid dienone is 2. The van der Waals surface area contributed by atoms with E-state index in [0.717, 1.165) is 25.7 Å². The number of carbonyl (C=O) groups is 2. The van der Waals surface area contributed by atoms with Crippen molar-refractivity contribution in [1.29, 1.82) is 0 Å². The van der Waals surface area contributed by atoms with Crippen molar-refractivity contribution in [2.75, 3.05) is 0 Å². The molecule has 4 N–H and O–H groups in total. The molecule has 4 fully saturated rings. The second kappa shape index (κ2) is 11.9. The summed E-state index contributed by atoms with van der Waals surface area (Å²) in [5.74, 6) is -1.74. The minimum absolute atomic E-state index is 0.0304. The van der Waals surface area contributed by atoms with Gasteiger partial charge in [-0.25, -0.2) is 9.37 Å². The van der Waals surface area contributed by atoms with Crippen LogP contribution in [-0.4, -0.2) is 55.8 Å². The fourth-order valence-corrected chi connectivity index (χ4v) is 9.54. The zero-order chi connectivity index (χ0) is 33.3. The van der Waals surface area contributed by atoms with Crippen LogP contribution in [0.2, 0.25) is 5.15 Å². The molecule has 2 aliphatic heterocycles. The fraction of sp³-hybridized carbons (Fsp3) is 0.618. The summed E-state index contributed by atoms with van der Waals surface area (Å²) in [5.41, 5.74) is -1.73. The van der Waals surface area contributed by atoms with Gasteiger partial charge in [0.15, 0.2) is 11.0 Å². The lowest BCUT2D eigenvalue weighted by Crippen LogP contribution is -2.61. The van der Waals surface area contributed by atoms with E-state index in [-0.39, 0.29) is 51.7 Å². The predicted molar refractivity (Wildman–Crippen MR) is 173 cm³/mol.